The Balaban J connectivity index is 0.00000114. The number of hydrogen-bond donors (Lipinski definition) is 2. The molecule has 4 rings (SSSR count). The Labute approximate surface area is 248 Å². The zero-order valence-electron chi connectivity index (χ0n) is 24.5. The smallest absolute Gasteiger partial charge is 0.273 e. The van der Waals surface area contributed by atoms with Crippen LogP contribution in [0.15, 0.2) is 113 Å². The van der Waals surface area contributed by atoms with Gasteiger partial charge in [0.2, 0.25) is 0 Å². The number of ether oxygens (including phenoxy) is 1. The van der Waals surface area contributed by atoms with Gasteiger partial charge in [0.1, 0.15) is 5.75 Å². The highest BCUT2D eigenvalue weighted by Gasteiger charge is 2.28. The third-order valence-electron chi connectivity index (χ3n) is 6.03. The maximum Gasteiger partial charge on any atom is 0.273 e. The molecule has 0 fully saturated rings. The van der Waals surface area contributed by atoms with E-state index in [1.165, 1.54) is 4.31 Å². The highest BCUT2D eigenvalue weighted by molar-refractivity contribution is 7.92. The molecule has 0 unspecified atom stereocenters. The van der Waals surface area contributed by atoms with Crippen LogP contribution in [0.4, 0.5) is 5.69 Å². The molecule has 0 aliphatic rings. The van der Waals surface area contributed by atoms with Gasteiger partial charge in [0.05, 0.1) is 35.5 Å². The first-order valence-corrected chi connectivity index (χ1v) is 14.9. The maximum atomic E-state index is 13.9. The fraction of sp³-hybridized carbons (Fsp3) is 0.212. The third-order valence-corrected chi connectivity index (χ3v) is 7.80. The van der Waals surface area contributed by atoms with Crippen LogP contribution in [0, 0.1) is 6.92 Å². The summed E-state index contributed by atoms with van der Waals surface area (Å²) in [4.78, 5) is 13.4. The Morgan fingerprint density at radius 1 is 0.905 bits per heavy atom. The molecule has 42 heavy (non-hydrogen) atoms. The number of hydrazone groups is 1. The number of hydrogen-bond acceptors (Lipinski definition) is 6. The molecule has 8 nitrogen and oxygen atoms in total. The van der Waals surface area contributed by atoms with Gasteiger partial charge in [0.15, 0.2) is 0 Å². The van der Waals surface area contributed by atoms with Crippen molar-refractivity contribution in [3.63, 3.8) is 0 Å². The van der Waals surface area contributed by atoms with Crippen molar-refractivity contribution in [2.75, 3.05) is 11.4 Å². The Morgan fingerprint density at radius 2 is 1.48 bits per heavy atom. The minimum atomic E-state index is -4.00. The predicted molar refractivity (Wildman–Crippen MR) is 167 cm³/mol. The normalized spacial score (nSPS) is 11.4. The average molecular weight is 588 g/mol. The number of aliphatic hydroxyl groups excluding tert-OH is 1. The van der Waals surface area contributed by atoms with Crippen molar-refractivity contribution in [3.05, 3.63) is 125 Å². The molecular formula is C33H37N3O5S. The van der Waals surface area contributed by atoms with E-state index in [1.807, 2.05) is 61.5 Å². The van der Waals surface area contributed by atoms with E-state index < -0.39 is 15.9 Å². The largest absolute Gasteiger partial charge is 0.497 e. The van der Waals surface area contributed by atoms with Gasteiger partial charge in [0.25, 0.3) is 15.9 Å². The number of methoxy groups -OCH3 is 1. The van der Waals surface area contributed by atoms with Crippen LogP contribution < -0.4 is 14.5 Å². The highest BCUT2D eigenvalue weighted by Crippen LogP contribution is 2.29. The lowest BCUT2D eigenvalue weighted by Gasteiger charge is -2.26. The van der Waals surface area contributed by atoms with E-state index in [2.05, 4.69) is 10.5 Å². The molecule has 9 heteroatoms. The van der Waals surface area contributed by atoms with Crippen LogP contribution >= 0.6 is 0 Å². The second-order valence-corrected chi connectivity index (χ2v) is 11.7. The molecule has 4 aromatic rings. The number of aliphatic hydroxyl groups is 1. The summed E-state index contributed by atoms with van der Waals surface area (Å²) in [6.07, 6.45) is -0.167. The number of anilines is 1. The lowest BCUT2D eigenvalue weighted by molar-refractivity contribution is 0.0955. The summed E-state index contributed by atoms with van der Waals surface area (Å²) in [6.45, 7) is 7.17. The van der Waals surface area contributed by atoms with Gasteiger partial charge in [-0.1, -0.05) is 60.2 Å². The summed E-state index contributed by atoms with van der Waals surface area (Å²) in [5.41, 5.74) is 6.16. The molecule has 0 saturated carbocycles. The van der Waals surface area contributed by atoms with E-state index in [-0.39, 0.29) is 28.8 Å². The van der Waals surface area contributed by atoms with Crippen LogP contribution in [0.5, 0.6) is 5.75 Å². The number of benzene rings is 4. The van der Waals surface area contributed by atoms with Crippen molar-refractivity contribution in [3.8, 4) is 5.75 Å². The number of nitrogens with one attached hydrogen (secondary N) is 1. The zero-order chi connectivity index (χ0) is 30.7. The van der Waals surface area contributed by atoms with E-state index in [4.69, 9.17) is 9.84 Å². The predicted octanol–water partition coefficient (Wildman–Crippen LogP) is 5.94. The van der Waals surface area contributed by atoms with Crippen LogP contribution in [-0.2, 0) is 16.6 Å². The Morgan fingerprint density at radius 3 is 2.07 bits per heavy atom. The van der Waals surface area contributed by atoms with E-state index in [0.717, 1.165) is 16.7 Å². The maximum absolute atomic E-state index is 13.9. The van der Waals surface area contributed by atoms with Crippen molar-refractivity contribution in [1.29, 1.82) is 0 Å². The number of sulfonamides is 1. The molecule has 0 bridgehead atoms. The Hall–Kier alpha value is -4.47. The van der Waals surface area contributed by atoms with Crippen LogP contribution in [0.25, 0.3) is 0 Å². The van der Waals surface area contributed by atoms with Gasteiger partial charge in [-0.15, -0.1) is 0 Å². The number of aryl methyl sites for hydroxylation is 1. The zero-order valence-corrected chi connectivity index (χ0v) is 25.3. The number of nitrogens with zero attached hydrogens (tertiary/aromatic N) is 2. The van der Waals surface area contributed by atoms with E-state index >= 15 is 0 Å². The molecule has 0 spiro atoms. The van der Waals surface area contributed by atoms with Crippen LogP contribution in [-0.4, -0.2) is 38.4 Å². The van der Waals surface area contributed by atoms with Gasteiger partial charge < -0.3 is 9.84 Å². The van der Waals surface area contributed by atoms with Gasteiger partial charge in [-0.2, -0.15) is 5.10 Å². The number of amides is 1. The molecule has 1 amide bonds. The number of rotatable bonds is 9. The van der Waals surface area contributed by atoms with Gasteiger partial charge in [-0.05, 0) is 87.4 Å². The highest BCUT2D eigenvalue weighted by atomic mass is 32.2. The van der Waals surface area contributed by atoms with Crippen molar-refractivity contribution in [1.82, 2.24) is 5.43 Å². The summed E-state index contributed by atoms with van der Waals surface area (Å²) in [5.74, 6) is 0.193. The Bertz CT molecular complexity index is 1580. The average Bonchev–Trinajstić information content (AvgIpc) is 2.99. The van der Waals surface area contributed by atoms with Crippen LogP contribution in [0.1, 0.15) is 47.8 Å². The molecular weight excluding hydrogens is 550 g/mol. The molecule has 0 aliphatic carbocycles. The SMILES string of the molecule is CC(C)O.COc1ccc(/C(C)=N/NC(=O)c2ccccc2N(Cc2ccccc2)S(=O)(=O)c2ccc(C)cc2)cc1. The first-order valence-electron chi connectivity index (χ1n) is 13.4. The summed E-state index contributed by atoms with van der Waals surface area (Å²) in [5, 5.41) is 12.3. The second kappa shape index (κ2) is 15.0. The van der Waals surface area contributed by atoms with Crippen molar-refractivity contribution in [2.24, 2.45) is 5.10 Å². The van der Waals surface area contributed by atoms with E-state index in [0.29, 0.717) is 11.5 Å². The summed E-state index contributed by atoms with van der Waals surface area (Å²) >= 11 is 0. The monoisotopic (exact) mass is 587 g/mol. The van der Waals surface area contributed by atoms with Crippen molar-refractivity contribution < 1.29 is 23.1 Å². The third kappa shape index (κ3) is 8.76. The first-order chi connectivity index (χ1) is 20.0. The topological polar surface area (TPSA) is 108 Å². The minimum Gasteiger partial charge on any atom is -0.497 e. The molecule has 4 aromatic carbocycles. The number of carbonyl (C=O) groups is 1. The molecule has 220 valence electrons. The lowest BCUT2D eigenvalue weighted by atomic mass is 10.1. The molecule has 0 radical (unpaired) electrons. The van der Waals surface area contributed by atoms with Gasteiger partial charge in [0, 0.05) is 6.10 Å². The van der Waals surface area contributed by atoms with Gasteiger partial charge in [-0.25, -0.2) is 13.8 Å². The minimum absolute atomic E-state index is 0.0511. The Kier molecular flexibility index (Phi) is 11.4. The van der Waals surface area contributed by atoms with E-state index in [1.54, 1.807) is 76.4 Å². The second-order valence-electron chi connectivity index (χ2n) is 9.79. The number of para-hydroxylation sites is 1. The quantitative estimate of drug-likeness (QED) is 0.186. The van der Waals surface area contributed by atoms with Crippen LogP contribution in [0.2, 0.25) is 0 Å². The van der Waals surface area contributed by atoms with Crippen molar-refractivity contribution >= 4 is 27.3 Å². The molecule has 2 N–H and O–H groups in total. The van der Waals surface area contributed by atoms with Crippen LogP contribution in [0.3, 0.4) is 0 Å². The lowest BCUT2D eigenvalue weighted by Crippen LogP contribution is -2.33. The van der Waals surface area contributed by atoms with Gasteiger partial charge >= 0.3 is 0 Å². The molecule has 0 atom stereocenters. The molecule has 0 aromatic heterocycles. The molecule has 0 saturated heterocycles. The van der Waals surface area contributed by atoms with Gasteiger partial charge in [-0.3, -0.25) is 9.10 Å². The fourth-order valence-corrected chi connectivity index (χ4v) is 5.33. The standard InChI is InChI=1S/C30H29N3O4S.C3H8O/c1-22-13-19-27(20-14-22)38(35,36)33(21-24-9-5-4-6-10-24)29-12-8-7-11-28(29)30(34)32-31-23(2)25-15-17-26(37-3)18-16-25;1-3(2)4/h4-20H,21H2,1-3H3,(H,32,34);3-4H,1-2H3/b31-23+;. The van der Waals surface area contributed by atoms with E-state index in [9.17, 15) is 13.2 Å². The fourth-order valence-electron chi connectivity index (χ4n) is 3.86. The summed E-state index contributed by atoms with van der Waals surface area (Å²) in [7, 11) is -2.41. The summed E-state index contributed by atoms with van der Waals surface area (Å²) in [6, 6.07) is 29.8. The van der Waals surface area contributed by atoms with Crippen molar-refractivity contribution in [2.45, 2.75) is 45.2 Å². The molecule has 0 aliphatic heterocycles. The molecule has 0 heterocycles. The first kappa shape index (κ1) is 32.0. The number of carbonyl (C=O) groups excluding carboxylic acids is 1. The summed E-state index contributed by atoms with van der Waals surface area (Å²) < 4.78 is 34.2.